The fourth-order valence-corrected chi connectivity index (χ4v) is 6.42. The molecule has 8 nitrogen and oxygen atoms in total. The SMILES string of the molecule is O=C(O)NCCCCCCNS(=O)(=O)C1(CCCN2CCOCC2)CCCCC1. The quantitative estimate of drug-likeness (QED) is 0.385. The maximum Gasteiger partial charge on any atom is 0.404 e. The minimum Gasteiger partial charge on any atom is -0.465 e. The Balaban J connectivity index is 1.73. The molecule has 3 N–H and O–H groups in total. The second-order valence-electron chi connectivity index (χ2n) is 8.35. The standard InChI is InChI=1S/C20H39N3O5S/c24-19(25)21-12-6-1-2-7-13-22-29(26,27)20(9-4-3-5-10-20)11-8-14-23-15-17-28-18-16-23/h21-22H,1-18H2,(H,24,25). The summed E-state index contributed by atoms with van der Waals surface area (Å²) in [5, 5.41) is 10.9. The summed E-state index contributed by atoms with van der Waals surface area (Å²) in [4.78, 5) is 12.8. The molecule has 1 heterocycles. The van der Waals surface area contributed by atoms with Crippen LogP contribution < -0.4 is 10.0 Å². The number of hydrogen-bond acceptors (Lipinski definition) is 5. The Hall–Kier alpha value is -0.900. The molecule has 29 heavy (non-hydrogen) atoms. The van der Waals surface area contributed by atoms with Gasteiger partial charge in [-0.3, -0.25) is 4.90 Å². The third-order valence-corrected chi connectivity index (χ3v) is 8.55. The topological polar surface area (TPSA) is 108 Å². The Morgan fingerprint density at radius 1 is 0.966 bits per heavy atom. The first-order valence-electron chi connectivity index (χ1n) is 11.2. The van der Waals surface area contributed by atoms with Crippen molar-refractivity contribution in [1.82, 2.24) is 14.9 Å². The number of morpholine rings is 1. The molecule has 0 spiro atoms. The van der Waals surface area contributed by atoms with E-state index in [4.69, 9.17) is 9.84 Å². The number of rotatable bonds is 13. The highest BCUT2D eigenvalue weighted by molar-refractivity contribution is 7.90. The van der Waals surface area contributed by atoms with Crippen LogP contribution in [-0.2, 0) is 14.8 Å². The fraction of sp³-hybridized carbons (Fsp3) is 0.950. The van der Waals surface area contributed by atoms with Gasteiger partial charge in [0.05, 0.1) is 18.0 Å². The Labute approximate surface area is 175 Å². The molecule has 0 radical (unpaired) electrons. The Morgan fingerprint density at radius 2 is 1.62 bits per heavy atom. The highest BCUT2D eigenvalue weighted by atomic mass is 32.2. The first-order valence-corrected chi connectivity index (χ1v) is 12.7. The van der Waals surface area contributed by atoms with E-state index in [-0.39, 0.29) is 0 Å². The van der Waals surface area contributed by atoms with Crippen LogP contribution in [0.25, 0.3) is 0 Å². The Bertz CT molecular complexity index is 573. The van der Waals surface area contributed by atoms with Crippen LogP contribution >= 0.6 is 0 Å². The van der Waals surface area contributed by atoms with E-state index in [0.29, 0.717) is 13.1 Å². The summed E-state index contributed by atoms with van der Waals surface area (Å²) in [5.74, 6) is 0. The summed E-state index contributed by atoms with van der Waals surface area (Å²) in [6.07, 6.45) is 8.68. The average molecular weight is 434 g/mol. The zero-order valence-electron chi connectivity index (χ0n) is 17.7. The van der Waals surface area contributed by atoms with Crippen LogP contribution in [0, 0.1) is 0 Å². The van der Waals surface area contributed by atoms with Crippen molar-refractivity contribution in [2.75, 3.05) is 45.9 Å². The number of nitrogens with zero attached hydrogens (tertiary/aromatic N) is 1. The van der Waals surface area contributed by atoms with Gasteiger partial charge in [-0.1, -0.05) is 32.1 Å². The van der Waals surface area contributed by atoms with Gasteiger partial charge in [0.2, 0.25) is 10.0 Å². The normalized spacial score (nSPS) is 20.4. The highest BCUT2D eigenvalue weighted by Gasteiger charge is 2.43. The van der Waals surface area contributed by atoms with E-state index >= 15 is 0 Å². The van der Waals surface area contributed by atoms with E-state index < -0.39 is 20.9 Å². The summed E-state index contributed by atoms with van der Waals surface area (Å²) in [6, 6.07) is 0. The minimum absolute atomic E-state index is 0.452. The summed E-state index contributed by atoms with van der Waals surface area (Å²) in [7, 11) is -3.34. The first kappa shape index (κ1) is 24.4. The fourth-order valence-electron chi connectivity index (χ4n) is 4.46. The molecule has 2 rings (SSSR count). The Morgan fingerprint density at radius 3 is 2.28 bits per heavy atom. The summed E-state index contributed by atoms with van der Waals surface area (Å²) in [6.45, 7) is 5.31. The number of unbranched alkanes of at least 4 members (excludes halogenated alkanes) is 3. The lowest BCUT2D eigenvalue weighted by Crippen LogP contribution is -2.48. The molecule has 1 saturated heterocycles. The smallest absolute Gasteiger partial charge is 0.404 e. The molecule has 2 aliphatic rings. The molecule has 9 heteroatoms. The van der Waals surface area contributed by atoms with Crippen molar-refractivity contribution in [2.24, 2.45) is 0 Å². The van der Waals surface area contributed by atoms with Gasteiger partial charge in [0, 0.05) is 26.2 Å². The minimum atomic E-state index is -3.34. The van der Waals surface area contributed by atoms with E-state index in [1.54, 1.807) is 0 Å². The lowest BCUT2D eigenvalue weighted by molar-refractivity contribution is 0.0366. The van der Waals surface area contributed by atoms with Gasteiger partial charge in [-0.2, -0.15) is 0 Å². The molecule has 1 aliphatic heterocycles. The van der Waals surface area contributed by atoms with Gasteiger partial charge >= 0.3 is 6.09 Å². The van der Waals surface area contributed by atoms with Crippen LogP contribution in [0.3, 0.4) is 0 Å². The molecule has 0 aromatic heterocycles. The monoisotopic (exact) mass is 433 g/mol. The number of ether oxygens (including phenoxy) is 1. The highest BCUT2D eigenvalue weighted by Crippen LogP contribution is 2.38. The van der Waals surface area contributed by atoms with Crippen LogP contribution in [0.5, 0.6) is 0 Å². The van der Waals surface area contributed by atoms with E-state index in [9.17, 15) is 13.2 Å². The van der Waals surface area contributed by atoms with Crippen molar-refractivity contribution >= 4 is 16.1 Å². The molecule has 0 bridgehead atoms. The van der Waals surface area contributed by atoms with Crippen LogP contribution in [0.15, 0.2) is 0 Å². The van der Waals surface area contributed by atoms with E-state index in [1.807, 2.05) is 0 Å². The number of hydrogen-bond donors (Lipinski definition) is 3. The van der Waals surface area contributed by atoms with E-state index in [1.165, 1.54) is 0 Å². The zero-order valence-corrected chi connectivity index (χ0v) is 18.5. The molecular weight excluding hydrogens is 394 g/mol. The van der Waals surface area contributed by atoms with Crippen molar-refractivity contribution in [3.05, 3.63) is 0 Å². The van der Waals surface area contributed by atoms with Gasteiger partial charge in [0.1, 0.15) is 0 Å². The predicted octanol–water partition coefficient (Wildman–Crippen LogP) is 2.55. The molecule has 0 aromatic carbocycles. The lowest BCUT2D eigenvalue weighted by atomic mass is 9.85. The van der Waals surface area contributed by atoms with Crippen LogP contribution in [0.4, 0.5) is 4.79 Å². The molecule has 0 atom stereocenters. The second kappa shape index (κ2) is 12.7. The maximum absolute atomic E-state index is 13.2. The third kappa shape index (κ3) is 8.39. The molecule has 2 fully saturated rings. The lowest BCUT2D eigenvalue weighted by Gasteiger charge is -2.37. The van der Waals surface area contributed by atoms with Crippen LogP contribution in [-0.4, -0.2) is 75.2 Å². The largest absolute Gasteiger partial charge is 0.465 e. The second-order valence-corrected chi connectivity index (χ2v) is 10.5. The van der Waals surface area contributed by atoms with Crippen molar-refractivity contribution in [2.45, 2.75) is 75.4 Å². The maximum atomic E-state index is 13.2. The average Bonchev–Trinajstić information content (AvgIpc) is 2.71. The van der Waals surface area contributed by atoms with Crippen LogP contribution in [0.1, 0.15) is 70.6 Å². The number of nitrogens with one attached hydrogen (secondary N) is 2. The molecule has 0 aromatic rings. The predicted molar refractivity (Wildman–Crippen MR) is 114 cm³/mol. The Kier molecular flexibility index (Phi) is 10.7. The first-order chi connectivity index (χ1) is 14.0. The molecule has 1 amide bonds. The van der Waals surface area contributed by atoms with Crippen molar-refractivity contribution in [3.8, 4) is 0 Å². The van der Waals surface area contributed by atoms with E-state index in [2.05, 4.69) is 14.9 Å². The van der Waals surface area contributed by atoms with Gasteiger partial charge in [0.25, 0.3) is 0 Å². The van der Waals surface area contributed by atoms with Crippen molar-refractivity contribution < 1.29 is 23.1 Å². The molecule has 170 valence electrons. The molecular formula is C20H39N3O5S. The van der Waals surface area contributed by atoms with Crippen molar-refractivity contribution in [1.29, 1.82) is 0 Å². The van der Waals surface area contributed by atoms with E-state index in [0.717, 1.165) is 103 Å². The molecule has 1 aliphatic carbocycles. The number of sulfonamides is 1. The third-order valence-electron chi connectivity index (χ3n) is 6.22. The summed E-state index contributed by atoms with van der Waals surface area (Å²) < 4.78 is 34.0. The number of amides is 1. The summed E-state index contributed by atoms with van der Waals surface area (Å²) >= 11 is 0. The number of carbonyl (C=O) groups is 1. The van der Waals surface area contributed by atoms with Gasteiger partial charge in [-0.15, -0.1) is 0 Å². The van der Waals surface area contributed by atoms with Gasteiger partial charge in [0.15, 0.2) is 0 Å². The zero-order chi connectivity index (χ0) is 21.0. The van der Waals surface area contributed by atoms with Crippen LogP contribution in [0.2, 0.25) is 0 Å². The molecule has 1 saturated carbocycles. The summed E-state index contributed by atoms with van der Waals surface area (Å²) in [5.41, 5.74) is 0. The molecule has 0 unspecified atom stereocenters. The van der Waals surface area contributed by atoms with Crippen molar-refractivity contribution in [3.63, 3.8) is 0 Å². The van der Waals surface area contributed by atoms with Gasteiger partial charge in [-0.25, -0.2) is 17.9 Å². The van der Waals surface area contributed by atoms with Gasteiger partial charge < -0.3 is 15.2 Å². The number of carboxylic acid groups (broad SMARTS) is 1. The van der Waals surface area contributed by atoms with Gasteiger partial charge in [-0.05, 0) is 45.1 Å².